The lowest BCUT2D eigenvalue weighted by molar-refractivity contribution is 1.22. The standard InChI is InChI=1S/C13H7N3S/c1-2-11-13(15-3-1)9-5-10-8(4-12(9)17-11)6-14-7-16-10/h1-7H. The van der Waals surface area contributed by atoms with E-state index in [1.807, 2.05) is 18.5 Å². The van der Waals surface area contributed by atoms with Crippen LogP contribution in [-0.4, -0.2) is 15.0 Å². The van der Waals surface area contributed by atoms with Gasteiger partial charge in [-0.1, -0.05) is 0 Å². The summed E-state index contributed by atoms with van der Waals surface area (Å²) in [5, 5.41) is 2.25. The minimum atomic E-state index is 0.970. The summed E-state index contributed by atoms with van der Waals surface area (Å²) in [5.41, 5.74) is 2.03. The van der Waals surface area contributed by atoms with Crippen molar-refractivity contribution in [1.29, 1.82) is 0 Å². The van der Waals surface area contributed by atoms with Crippen LogP contribution in [0, 0.1) is 0 Å². The highest BCUT2D eigenvalue weighted by molar-refractivity contribution is 7.25. The molecule has 3 nitrogen and oxygen atoms in total. The topological polar surface area (TPSA) is 38.7 Å². The third-order valence-electron chi connectivity index (χ3n) is 2.85. The molecule has 0 aliphatic rings. The molecule has 3 aromatic heterocycles. The van der Waals surface area contributed by atoms with E-state index in [0.717, 1.165) is 16.4 Å². The molecule has 0 radical (unpaired) electrons. The zero-order chi connectivity index (χ0) is 11.2. The molecule has 1 aromatic carbocycles. The third kappa shape index (κ3) is 1.24. The molecule has 0 bridgehead atoms. The van der Waals surface area contributed by atoms with Crippen LogP contribution in [0.2, 0.25) is 0 Å². The third-order valence-corrected chi connectivity index (χ3v) is 3.96. The molecule has 80 valence electrons. The van der Waals surface area contributed by atoms with Crippen molar-refractivity contribution < 1.29 is 0 Å². The monoisotopic (exact) mass is 237 g/mol. The van der Waals surface area contributed by atoms with Gasteiger partial charge in [-0.05, 0) is 24.3 Å². The molecule has 0 atom stereocenters. The highest BCUT2D eigenvalue weighted by atomic mass is 32.1. The molecule has 0 aliphatic heterocycles. The quantitative estimate of drug-likeness (QED) is 0.470. The maximum atomic E-state index is 4.44. The van der Waals surface area contributed by atoms with Gasteiger partial charge in [0.1, 0.15) is 6.33 Å². The van der Waals surface area contributed by atoms with E-state index in [2.05, 4.69) is 33.2 Å². The number of thiophene rings is 1. The van der Waals surface area contributed by atoms with Crippen molar-refractivity contribution in [3.8, 4) is 0 Å². The Kier molecular flexibility index (Phi) is 1.70. The molecule has 0 spiro atoms. The highest BCUT2D eigenvalue weighted by Crippen LogP contribution is 2.34. The molecular weight excluding hydrogens is 230 g/mol. The summed E-state index contributed by atoms with van der Waals surface area (Å²) in [7, 11) is 0. The number of hydrogen-bond acceptors (Lipinski definition) is 4. The van der Waals surface area contributed by atoms with Crippen molar-refractivity contribution in [3.05, 3.63) is 43.0 Å². The van der Waals surface area contributed by atoms with Crippen molar-refractivity contribution >= 4 is 42.5 Å². The summed E-state index contributed by atoms with van der Waals surface area (Å²) in [6, 6.07) is 8.30. The van der Waals surface area contributed by atoms with Gasteiger partial charge in [0.05, 0.1) is 15.7 Å². The molecule has 3 heterocycles. The Morgan fingerprint density at radius 2 is 2.06 bits per heavy atom. The van der Waals surface area contributed by atoms with Crippen LogP contribution in [0.25, 0.3) is 31.2 Å². The average Bonchev–Trinajstić information content (AvgIpc) is 2.73. The van der Waals surface area contributed by atoms with Gasteiger partial charge in [-0.15, -0.1) is 11.3 Å². The predicted octanol–water partition coefficient (Wildman–Crippen LogP) is 3.39. The van der Waals surface area contributed by atoms with Crippen LogP contribution < -0.4 is 0 Å². The van der Waals surface area contributed by atoms with E-state index in [0.29, 0.717) is 0 Å². The Hall–Kier alpha value is -2.07. The second-order valence-electron chi connectivity index (χ2n) is 3.88. The highest BCUT2D eigenvalue weighted by Gasteiger charge is 2.07. The van der Waals surface area contributed by atoms with Gasteiger partial charge in [-0.2, -0.15) is 0 Å². The predicted molar refractivity (Wildman–Crippen MR) is 70.2 cm³/mol. The van der Waals surface area contributed by atoms with Gasteiger partial charge >= 0.3 is 0 Å². The van der Waals surface area contributed by atoms with E-state index in [-0.39, 0.29) is 0 Å². The molecular formula is C13H7N3S. The van der Waals surface area contributed by atoms with E-state index in [1.165, 1.54) is 14.8 Å². The molecule has 17 heavy (non-hydrogen) atoms. The number of aromatic nitrogens is 3. The van der Waals surface area contributed by atoms with E-state index in [9.17, 15) is 0 Å². The van der Waals surface area contributed by atoms with E-state index in [4.69, 9.17) is 0 Å². The van der Waals surface area contributed by atoms with Gasteiger partial charge in [0.25, 0.3) is 0 Å². The Morgan fingerprint density at radius 1 is 1.06 bits per heavy atom. The number of fused-ring (bicyclic) bond motifs is 4. The Balaban J connectivity index is 2.28. The molecule has 4 rings (SSSR count). The summed E-state index contributed by atoms with van der Waals surface area (Å²) in [4.78, 5) is 12.8. The fourth-order valence-electron chi connectivity index (χ4n) is 2.07. The number of rotatable bonds is 0. The second-order valence-corrected chi connectivity index (χ2v) is 4.97. The SMILES string of the molecule is c1cnc2c(c1)sc1cc3cncnc3cc12. The Labute approximate surface area is 101 Å². The van der Waals surface area contributed by atoms with Crippen molar-refractivity contribution in [2.45, 2.75) is 0 Å². The number of nitrogens with zero attached hydrogens (tertiary/aromatic N) is 3. The van der Waals surface area contributed by atoms with Gasteiger partial charge in [-0.25, -0.2) is 9.97 Å². The summed E-state index contributed by atoms with van der Waals surface area (Å²) in [6.07, 6.45) is 5.26. The lowest BCUT2D eigenvalue weighted by Crippen LogP contribution is -1.80. The first kappa shape index (κ1) is 9.01. The largest absolute Gasteiger partial charge is 0.255 e. The number of pyridine rings is 1. The van der Waals surface area contributed by atoms with Crippen LogP contribution in [0.3, 0.4) is 0 Å². The summed E-state index contributed by atoms with van der Waals surface area (Å²) in [5.74, 6) is 0. The van der Waals surface area contributed by atoms with Gasteiger partial charge in [-0.3, -0.25) is 4.98 Å². The maximum absolute atomic E-state index is 4.44. The van der Waals surface area contributed by atoms with Crippen molar-refractivity contribution in [1.82, 2.24) is 15.0 Å². The molecule has 0 fully saturated rings. The summed E-state index contributed by atoms with van der Waals surface area (Å²) < 4.78 is 2.45. The summed E-state index contributed by atoms with van der Waals surface area (Å²) >= 11 is 1.76. The first-order valence-electron chi connectivity index (χ1n) is 5.29. The van der Waals surface area contributed by atoms with Crippen molar-refractivity contribution in [2.75, 3.05) is 0 Å². The van der Waals surface area contributed by atoms with E-state index in [1.54, 1.807) is 17.7 Å². The molecule has 0 amide bonds. The lowest BCUT2D eigenvalue weighted by Gasteiger charge is -1.95. The van der Waals surface area contributed by atoms with Crippen LogP contribution in [0.5, 0.6) is 0 Å². The van der Waals surface area contributed by atoms with Gasteiger partial charge in [0, 0.05) is 27.9 Å². The van der Waals surface area contributed by atoms with Crippen LogP contribution in [0.15, 0.2) is 43.0 Å². The average molecular weight is 237 g/mol. The van der Waals surface area contributed by atoms with Crippen LogP contribution in [0.1, 0.15) is 0 Å². The Morgan fingerprint density at radius 3 is 3.06 bits per heavy atom. The normalized spacial score (nSPS) is 11.5. The zero-order valence-electron chi connectivity index (χ0n) is 8.79. The van der Waals surface area contributed by atoms with Gasteiger partial charge < -0.3 is 0 Å². The molecule has 0 unspecified atom stereocenters. The molecule has 4 aromatic rings. The summed E-state index contributed by atoms with van der Waals surface area (Å²) in [6.45, 7) is 0. The molecule has 0 saturated carbocycles. The zero-order valence-corrected chi connectivity index (χ0v) is 9.61. The lowest BCUT2D eigenvalue weighted by atomic mass is 10.2. The molecule has 0 aliphatic carbocycles. The number of hydrogen-bond donors (Lipinski definition) is 0. The van der Waals surface area contributed by atoms with Crippen molar-refractivity contribution in [3.63, 3.8) is 0 Å². The van der Waals surface area contributed by atoms with Gasteiger partial charge in [0.2, 0.25) is 0 Å². The smallest absolute Gasteiger partial charge is 0.116 e. The maximum Gasteiger partial charge on any atom is 0.116 e. The van der Waals surface area contributed by atoms with Crippen LogP contribution >= 0.6 is 11.3 Å². The minimum Gasteiger partial charge on any atom is -0.255 e. The first-order chi connectivity index (χ1) is 8.42. The first-order valence-corrected chi connectivity index (χ1v) is 6.10. The molecule has 0 saturated heterocycles. The Bertz CT molecular complexity index is 845. The van der Waals surface area contributed by atoms with Crippen LogP contribution in [-0.2, 0) is 0 Å². The molecule has 4 heteroatoms. The van der Waals surface area contributed by atoms with E-state index >= 15 is 0 Å². The minimum absolute atomic E-state index is 0.970. The second kappa shape index (κ2) is 3.21. The van der Waals surface area contributed by atoms with E-state index < -0.39 is 0 Å². The van der Waals surface area contributed by atoms with Crippen molar-refractivity contribution in [2.24, 2.45) is 0 Å². The van der Waals surface area contributed by atoms with Crippen LogP contribution in [0.4, 0.5) is 0 Å². The molecule has 0 N–H and O–H groups in total. The van der Waals surface area contributed by atoms with Gasteiger partial charge in [0.15, 0.2) is 0 Å². The fraction of sp³-hybridized carbons (Fsp3) is 0. The number of benzene rings is 1. The fourth-order valence-corrected chi connectivity index (χ4v) is 3.17.